The van der Waals surface area contributed by atoms with E-state index >= 15 is 0 Å². The summed E-state index contributed by atoms with van der Waals surface area (Å²) in [4.78, 5) is 0. The molecule has 90 valence electrons. The fraction of sp³-hybridized carbons (Fsp3) is 0.833. The van der Waals surface area contributed by atoms with Gasteiger partial charge >= 0.3 is 0 Å². The molecular weight excluding hydrogens is 200 g/mol. The van der Waals surface area contributed by atoms with E-state index in [9.17, 15) is 0 Å². The summed E-state index contributed by atoms with van der Waals surface area (Å²) >= 11 is 0. The normalized spacial score (nSPS) is 16.8. The lowest BCUT2D eigenvalue weighted by Crippen LogP contribution is -2.16. The third-order valence-corrected chi connectivity index (χ3v) is 3.56. The van der Waals surface area contributed by atoms with Crippen LogP contribution < -0.4 is 5.73 Å². The highest BCUT2D eigenvalue weighted by Gasteiger charge is 2.19. The Morgan fingerprint density at radius 2 is 2.19 bits per heavy atom. The first kappa shape index (κ1) is 11.6. The molecule has 1 aliphatic carbocycles. The Balaban J connectivity index is 2.03. The Morgan fingerprint density at radius 3 is 2.69 bits per heavy atom. The summed E-state index contributed by atoms with van der Waals surface area (Å²) in [6.07, 6.45) is 5.45. The van der Waals surface area contributed by atoms with E-state index in [2.05, 4.69) is 28.8 Å². The molecule has 1 fully saturated rings. The second-order valence-electron chi connectivity index (χ2n) is 5.09. The van der Waals surface area contributed by atoms with Crippen molar-refractivity contribution in [2.24, 2.45) is 11.7 Å². The smallest absolute Gasteiger partial charge is 0.0997 e. The van der Waals surface area contributed by atoms with Crippen molar-refractivity contribution in [3.63, 3.8) is 0 Å². The van der Waals surface area contributed by atoms with Gasteiger partial charge in [0.05, 0.1) is 11.4 Å². The van der Waals surface area contributed by atoms with Gasteiger partial charge in [-0.25, -0.2) is 4.68 Å². The predicted molar refractivity (Wildman–Crippen MR) is 64.0 cm³/mol. The lowest BCUT2D eigenvalue weighted by Gasteiger charge is -2.25. The third-order valence-electron chi connectivity index (χ3n) is 3.56. The molecule has 4 nitrogen and oxygen atoms in total. The summed E-state index contributed by atoms with van der Waals surface area (Å²) in [5.74, 6) is 1.38. The van der Waals surface area contributed by atoms with Crippen LogP contribution in [0, 0.1) is 5.92 Å². The Labute approximate surface area is 97.2 Å². The van der Waals surface area contributed by atoms with E-state index in [0.29, 0.717) is 12.5 Å². The lowest BCUT2D eigenvalue weighted by molar-refractivity contribution is 0.275. The van der Waals surface area contributed by atoms with E-state index in [0.717, 1.165) is 18.2 Å². The Kier molecular flexibility index (Phi) is 3.59. The van der Waals surface area contributed by atoms with Crippen LogP contribution in [-0.2, 0) is 13.1 Å². The zero-order valence-electron chi connectivity index (χ0n) is 10.3. The molecule has 4 heteroatoms. The Hall–Kier alpha value is -0.900. The van der Waals surface area contributed by atoms with E-state index in [4.69, 9.17) is 5.73 Å². The van der Waals surface area contributed by atoms with Gasteiger partial charge in [0.1, 0.15) is 0 Å². The van der Waals surface area contributed by atoms with Gasteiger partial charge in [-0.3, -0.25) is 0 Å². The number of nitrogens with zero attached hydrogens (tertiary/aromatic N) is 3. The monoisotopic (exact) mass is 222 g/mol. The van der Waals surface area contributed by atoms with Crippen LogP contribution in [0.3, 0.4) is 0 Å². The summed E-state index contributed by atoms with van der Waals surface area (Å²) in [6, 6.07) is 0. The maximum Gasteiger partial charge on any atom is 0.0997 e. The van der Waals surface area contributed by atoms with Gasteiger partial charge in [-0.1, -0.05) is 38.3 Å². The molecule has 2 N–H and O–H groups in total. The maximum absolute atomic E-state index is 5.68. The van der Waals surface area contributed by atoms with Gasteiger partial charge in [0.2, 0.25) is 0 Å². The first-order chi connectivity index (χ1) is 7.72. The van der Waals surface area contributed by atoms with E-state index in [1.807, 2.05) is 0 Å². The van der Waals surface area contributed by atoms with Crippen LogP contribution in [0.15, 0.2) is 0 Å². The van der Waals surface area contributed by atoms with E-state index in [1.54, 1.807) is 0 Å². The maximum atomic E-state index is 5.68. The molecule has 2 rings (SSSR count). The van der Waals surface area contributed by atoms with Crippen LogP contribution in [0.1, 0.15) is 56.8 Å². The van der Waals surface area contributed by atoms with Crippen molar-refractivity contribution in [1.82, 2.24) is 15.0 Å². The zero-order chi connectivity index (χ0) is 11.5. The molecule has 16 heavy (non-hydrogen) atoms. The molecule has 0 spiro atoms. The van der Waals surface area contributed by atoms with E-state index in [-0.39, 0.29) is 0 Å². The molecule has 0 aromatic carbocycles. The molecule has 0 aliphatic heterocycles. The van der Waals surface area contributed by atoms with Crippen LogP contribution in [0.25, 0.3) is 0 Å². The molecule has 1 aromatic rings. The molecule has 1 aromatic heterocycles. The Morgan fingerprint density at radius 1 is 1.44 bits per heavy atom. The second kappa shape index (κ2) is 4.95. The summed E-state index contributed by atoms with van der Waals surface area (Å²) in [7, 11) is 0. The van der Waals surface area contributed by atoms with Crippen molar-refractivity contribution in [3.8, 4) is 0 Å². The van der Waals surface area contributed by atoms with Crippen molar-refractivity contribution in [2.45, 2.75) is 58.5 Å². The summed E-state index contributed by atoms with van der Waals surface area (Å²) < 4.78 is 2.06. The van der Waals surface area contributed by atoms with Gasteiger partial charge in [0.15, 0.2) is 0 Å². The van der Waals surface area contributed by atoms with E-state index in [1.165, 1.54) is 31.4 Å². The zero-order valence-corrected chi connectivity index (χ0v) is 10.3. The van der Waals surface area contributed by atoms with Gasteiger partial charge in [0.25, 0.3) is 0 Å². The van der Waals surface area contributed by atoms with Crippen molar-refractivity contribution in [1.29, 1.82) is 0 Å². The van der Waals surface area contributed by atoms with Crippen LogP contribution in [0.4, 0.5) is 0 Å². The molecule has 0 atom stereocenters. The molecule has 1 heterocycles. The van der Waals surface area contributed by atoms with Gasteiger partial charge in [-0.05, 0) is 18.3 Å². The minimum absolute atomic E-state index is 0.454. The van der Waals surface area contributed by atoms with Gasteiger partial charge in [-0.15, -0.1) is 5.10 Å². The van der Waals surface area contributed by atoms with Crippen molar-refractivity contribution < 1.29 is 0 Å². The van der Waals surface area contributed by atoms with Crippen LogP contribution in [0.5, 0.6) is 0 Å². The molecule has 0 amide bonds. The molecule has 0 bridgehead atoms. The van der Waals surface area contributed by atoms with Gasteiger partial charge in [0, 0.05) is 13.1 Å². The number of hydrogen-bond donors (Lipinski definition) is 1. The van der Waals surface area contributed by atoms with Crippen molar-refractivity contribution >= 4 is 0 Å². The standard InChI is InChI=1S/C12H22N4/c1-9(2)12-11(8-13)14-15-16(12)7-6-10-4-3-5-10/h9-10H,3-8,13H2,1-2H3. The highest BCUT2D eigenvalue weighted by Crippen LogP contribution is 2.30. The average Bonchev–Trinajstić information content (AvgIpc) is 2.58. The largest absolute Gasteiger partial charge is 0.325 e. The summed E-state index contributed by atoms with van der Waals surface area (Å²) in [5, 5.41) is 8.39. The molecule has 0 saturated heterocycles. The SMILES string of the molecule is CC(C)c1c(CN)nnn1CCC1CCC1. The highest BCUT2D eigenvalue weighted by atomic mass is 15.4. The lowest BCUT2D eigenvalue weighted by atomic mass is 9.83. The third kappa shape index (κ3) is 2.26. The first-order valence-electron chi connectivity index (χ1n) is 6.34. The van der Waals surface area contributed by atoms with Gasteiger partial charge in [-0.2, -0.15) is 0 Å². The van der Waals surface area contributed by atoms with Crippen LogP contribution in [-0.4, -0.2) is 15.0 Å². The van der Waals surface area contributed by atoms with Gasteiger partial charge < -0.3 is 5.73 Å². The van der Waals surface area contributed by atoms with Crippen molar-refractivity contribution in [2.75, 3.05) is 0 Å². The number of aryl methyl sites for hydroxylation is 1. The van der Waals surface area contributed by atoms with E-state index < -0.39 is 0 Å². The topological polar surface area (TPSA) is 56.7 Å². The second-order valence-corrected chi connectivity index (χ2v) is 5.09. The predicted octanol–water partition coefficient (Wildman–Crippen LogP) is 2.05. The molecule has 1 saturated carbocycles. The number of nitrogens with two attached hydrogens (primary N) is 1. The van der Waals surface area contributed by atoms with Crippen LogP contribution >= 0.6 is 0 Å². The quantitative estimate of drug-likeness (QED) is 0.829. The summed E-state index contributed by atoms with van der Waals surface area (Å²) in [6.45, 7) is 5.86. The summed E-state index contributed by atoms with van der Waals surface area (Å²) in [5.41, 5.74) is 7.86. The first-order valence-corrected chi connectivity index (χ1v) is 6.34. The number of aromatic nitrogens is 3. The molecule has 0 radical (unpaired) electrons. The number of hydrogen-bond acceptors (Lipinski definition) is 3. The van der Waals surface area contributed by atoms with Crippen molar-refractivity contribution in [3.05, 3.63) is 11.4 Å². The van der Waals surface area contributed by atoms with Crippen LogP contribution in [0.2, 0.25) is 0 Å². The fourth-order valence-electron chi connectivity index (χ4n) is 2.38. The Bertz CT molecular complexity index is 339. The minimum Gasteiger partial charge on any atom is -0.325 e. The highest BCUT2D eigenvalue weighted by molar-refractivity contribution is 5.13. The molecule has 0 unspecified atom stereocenters. The molecule has 1 aliphatic rings. The average molecular weight is 222 g/mol. The fourth-order valence-corrected chi connectivity index (χ4v) is 2.38. The molecular formula is C12H22N4. The minimum atomic E-state index is 0.454. The number of rotatable bonds is 5.